The first-order valence-electron chi connectivity index (χ1n) is 4.57. The zero-order chi connectivity index (χ0) is 9.90. The molecule has 0 radical (unpaired) electrons. The van der Waals surface area contributed by atoms with E-state index in [0.29, 0.717) is 0 Å². The average molecular weight is 202 g/mol. The van der Waals surface area contributed by atoms with Crippen LogP contribution < -0.4 is 0 Å². The summed E-state index contributed by atoms with van der Waals surface area (Å²) in [5, 5.41) is 0. The van der Waals surface area contributed by atoms with Gasteiger partial charge in [0.15, 0.2) is 0 Å². The molecule has 4 heteroatoms. The first-order valence-corrected chi connectivity index (χ1v) is 6.50. The molecule has 1 aliphatic heterocycles. The van der Waals surface area contributed by atoms with Crippen molar-refractivity contribution in [3.63, 3.8) is 0 Å². The summed E-state index contributed by atoms with van der Waals surface area (Å²) in [6.07, 6.45) is 2.27. The summed E-state index contributed by atoms with van der Waals surface area (Å²) in [4.78, 5) is 0. The quantitative estimate of drug-likeness (QED) is 0.517. The molecule has 1 saturated heterocycles. The zero-order valence-electron chi connectivity index (χ0n) is 8.63. The van der Waals surface area contributed by atoms with E-state index in [2.05, 4.69) is 6.58 Å². The standard InChI is InChI=1S/C9H18O3Si/c1-8(2)9-6-5-7-13(10-3,11-4)12-9/h9H,1,5-7H2,2-4H3. The third kappa shape index (κ3) is 2.40. The molecule has 0 N–H and O–H groups in total. The maximum Gasteiger partial charge on any atom is 0.500 e. The first-order chi connectivity index (χ1) is 6.13. The molecule has 1 fully saturated rings. The third-order valence-corrected chi connectivity index (χ3v) is 5.30. The molecule has 1 aliphatic rings. The van der Waals surface area contributed by atoms with Crippen LogP contribution in [0.3, 0.4) is 0 Å². The minimum Gasteiger partial charge on any atom is -0.377 e. The highest BCUT2D eigenvalue weighted by Gasteiger charge is 2.44. The van der Waals surface area contributed by atoms with Gasteiger partial charge in [-0.25, -0.2) is 0 Å². The summed E-state index contributed by atoms with van der Waals surface area (Å²) in [5.74, 6) is 0. The summed E-state index contributed by atoms with van der Waals surface area (Å²) in [5.41, 5.74) is 1.06. The van der Waals surface area contributed by atoms with Gasteiger partial charge in [-0.2, -0.15) is 0 Å². The minimum absolute atomic E-state index is 0.125. The zero-order valence-corrected chi connectivity index (χ0v) is 9.63. The monoisotopic (exact) mass is 202 g/mol. The first kappa shape index (κ1) is 10.9. The topological polar surface area (TPSA) is 27.7 Å². The lowest BCUT2D eigenvalue weighted by molar-refractivity contribution is 0.0490. The molecule has 0 aromatic heterocycles. The van der Waals surface area contributed by atoms with E-state index < -0.39 is 8.80 Å². The van der Waals surface area contributed by atoms with E-state index in [1.165, 1.54) is 0 Å². The van der Waals surface area contributed by atoms with Crippen molar-refractivity contribution in [3.05, 3.63) is 12.2 Å². The molecule has 0 spiro atoms. The van der Waals surface area contributed by atoms with E-state index in [-0.39, 0.29) is 6.10 Å². The Labute approximate surface area is 81.1 Å². The van der Waals surface area contributed by atoms with Crippen molar-refractivity contribution < 1.29 is 13.3 Å². The van der Waals surface area contributed by atoms with Crippen molar-refractivity contribution >= 4 is 8.80 Å². The fourth-order valence-corrected chi connectivity index (χ4v) is 3.84. The molecule has 1 heterocycles. The van der Waals surface area contributed by atoms with E-state index in [0.717, 1.165) is 24.5 Å². The summed E-state index contributed by atoms with van der Waals surface area (Å²) in [6.45, 7) is 5.89. The predicted octanol–water partition coefficient (Wildman–Crippen LogP) is 1.97. The van der Waals surface area contributed by atoms with Crippen molar-refractivity contribution in [2.45, 2.75) is 31.9 Å². The molecule has 1 unspecified atom stereocenters. The predicted molar refractivity (Wildman–Crippen MR) is 53.5 cm³/mol. The van der Waals surface area contributed by atoms with Crippen LogP contribution in [0, 0.1) is 0 Å². The van der Waals surface area contributed by atoms with Gasteiger partial charge in [-0.05, 0) is 19.8 Å². The fourth-order valence-electron chi connectivity index (χ4n) is 1.57. The van der Waals surface area contributed by atoms with Gasteiger partial charge in [0.2, 0.25) is 0 Å². The van der Waals surface area contributed by atoms with Crippen LogP contribution in [-0.2, 0) is 13.3 Å². The fraction of sp³-hybridized carbons (Fsp3) is 0.778. The van der Waals surface area contributed by atoms with Crippen LogP contribution in [0.15, 0.2) is 12.2 Å². The van der Waals surface area contributed by atoms with Gasteiger partial charge in [0.25, 0.3) is 0 Å². The van der Waals surface area contributed by atoms with Gasteiger partial charge < -0.3 is 13.3 Å². The highest BCUT2D eigenvalue weighted by molar-refractivity contribution is 6.60. The van der Waals surface area contributed by atoms with Crippen LogP contribution in [-0.4, -0.2) is 29.1 Å². The second kappa shape index (κ2) is 4.37. The maximum atomic E-state index is 5.83. The molecular formula is C9H18O3Si. The lowest BCUT2D eigenvalue weighted by atomic mass is 10.1. The Kier molecular flexibility index (Phi) is 3.67. The van der Waals surface area contributed by atoms with E-state index in [1.54, 1.807) is 14.2 Å². The smallest absolute Gasteiger partial charge is 0.377 e. The number of hydrogen-bond donors (Lipinski definition) is 0. The van der Waals surface area contributed by atoms with Crippen LogP contribution in [0.1, 0.15) is 19.8 Å². The lowest BCUT2D eigenvalue weighted by Gasteiger charge is -2.35. The van der Waals surface area contributed by atoms with Crippen molar-refractivity contribution in [1.29, 1.82) is 0 Å². The van der Waals surface area contributed by atoms with Gasteiger partial charge in [-0.15, -0.1) is 0 Å². The molecule has 1 atom stereocenters. The average Bonchev–Trinajstić information content (AvgIpc) is 2.18. The number of hydrogen-bond acceptors (Lipinski definition) is 3. The molecule has 0 aliphatic carbocycles. The van der Waals surface area contributed by atoms with E-state index >= 15 is 0 Å². The lowest BCUT2D eigenvalue weighted by Crippen LogP contribution is -2.49. The SMILES string of the molecule is C=C(C)C1CCC[Si](OC)(OC)O1. The Morgan fingerprint density at radius 2 is 2.08 bits per heavy atom. The van der Waals surface area contributed by atoms with Crippen LogP contribution in [0.2, 0.25) is 6.04 Å². The Morgan fingerprint density at radius 3 is 2.54 bits per heavy atom. The van der Waals surface area contributed by atoms with Crippen LogP contribution in [0.5, 0.6) is 0 Å². The second-order valence-electron chi connectivity index (χ2n) is 3.44. The molecule has 1 rings (SSSR count). The van der Waals surface area contributed by atoms with E-state index in [4.69, 9.17) is 13.3 Å². The summed E-state index contributed by atoms with van der Waals surface area (Å²) in [7, 11) is 1.01. The minimum atomic E-state index is -2.32. The maximum absolute atomic E-state index is 5.83. The highest BCUT2D eigenvalue weighted by atomic mass is 28.4. The van der Waals surface area contributed by atoms with Crippen molar-refractivity contribution in [2.75, 3.05) is 14.2 Å². The van der Waals surface area contributed by atoms with Gasteiger partial charge in [0, 0.05) is 20.3 Å². The van der Waals surface area contributed by atoms with Gasteiger partial charge in [0.1, 0.15) is 0 Å². The molecular weight excluding hydrogens is 184 g/mol. The molecule has 0 saturated carbocycles. The molecule has 0 bridgehead atoms. The van der Waals surface area contributed by atoms with Gasteiger partial charge in [-0.1, -0.05) is 12.2 Å². The molecule has 76 valence electrons. The molecule has 0 aromatic rings. The molecule has 0 aromatic carbocycles. The molecule has 13 heavy (non-hydrogen) atoms. The van der Waals surface area contributed by atoms with Crippen LogP contribution in [0.25, 0.3) is 0 Å². The van der Waals surface area contributed by atoms with Crippen molar-refractivity contribution in [2.24, 2.45) is 0 Å². The van der Waals surface area contributed by atoms with Crippen molar-refractivity contribution in [1.82, 2.24) is 0 Å². The van der Waals surface area contributed by atoms with Gasteiger partial charge in [0.05, 0.1) is 6.10 Å². The molecule has 0 amide bonds. The summed E-state index contributed by atoms with van der Waals surface area (Å²) < 4.78 is 16.6. The Hall–Kier alpha value is -0.163. The van der Waals surface area contributed by atoms with Crippen LogP contribution >= 0.6 is 0 Å². The van der Waals surface area contributed by atoms with Gasteiger partial charge >= 0.3 is 8.80 Å². The van der Waals surface area contributed by atoms with Gasteiger partial charge in [-0.3, -0.25) is 0 Å². The Balaban J connectivity index is 2.63. The normalized spacial score (nSPS) is 27.2. The number of rotatable bonds is 3. The Morgan fingerprint density at radius 1 is 1.46 bits per heavy atom. The second-order valence-corrected chi connectivity index (χ2v) is 6.35. The summed E-state index contributed by atoms with van der Waals surface area (Å²) >= 11 is 0. The Bertz CT molecular complexity index is 189. The largest absolute Gasteiger partial charge is 0.500 e. The third-order valence-electron chi connectivity index (χ3n) is 2.44. The molecule has 3 nitrogen and oxygen atoms in total. The van der Waals surface area contributed by atoms with E-state index in [9.17, 15) is 0 Å². The van der Waals surface area contributed by atoms with E-state index in [1.807, 2.05) is 6.92 Å². The highest BCUT2D eigenvalue weighted by Crippen LogP contribution is 2.29. The van der Waals surface area contributed by atoms with Crippen molar-refractivity contribution in [3.8, 4) is 0 Å². The van der Waals surface area contributed by atoms with Crippen LogP contribution in [0.4, 0.5) is 0 Å². The summed E-state index contributed by atoms with van der Waals surface area (Å²) in [6, 6.07) is 0.920.